The Morgan fingerprint density at radius 3 is 2.12 bits per heavy atom. The Hall–Kier alpha value is -3.49. The first-order valence-electron chi connectivity index (χ1n) is 9.87. The van der Waals surface area contributed by atoms with Gasteiger partial charge in [0, 0.05) is 0 Å². The maximum Gasteiger partial charge on any atom is 0.341 e. The Labute approximate surface area is 185 Å². The molecule has 0 radical (unpaired) electrons. The van der Waals surface area contributed by atoms with Crippen LogP contribution in [0.25, 0.3) is 11.1 Å². The Morgan fingerprint density at radius 1 is 0.938 bits per heavy atom. The van der Waals surface area contributed by atoms with Gasteiger partial charge in [0.05, 0.1) is 0 Å². The normalized spacial score (nSPS) is 12.7. The van der Waals surface area contributed by atoms with Crippen molar-refractivity contribution in [3.8, 4) is 16.9 Å². The SMILES string of the molecule is Cc1ccc(C(=O)OCCS(=O)(=O)O)c(OC(=O)C2c3ccccc3-c3ccccc32)c1. The number of rotatable bonds is 6. The number of hydrogen-bond donors (Lipinski definition) is 1. The fourth-order valence-electron chi connectivity index (χ4n) is 3.78. The van der Waals surface area contributed by atoms with Crippen molar-refractivity contribution >= 4 is 22.1 Å². The van der Waals surface area contributed by atoms with Crippen molar-refractivity contribution in [2.24, 2.45) is 0 Å². The highest BCUT2D eigenvalue weighted by molar-refractivity contribution is 7.85. The van der Waals surface area contributed by atoms with Gasteiger partial charge in [-0.3, -0.25) is 9.35 Å². The Balaban J connectivity index is 1.62. The standard InChI is InChI=1S/C24H20O7S/c1-15-10-11-20(23(25)30-12-13-32(27,28)29)21(14-15)31-24(26)22-18-8-4-2-6-16(18)17-7-3-5-9-19(17)22/h2-11,14,22H,12-13H2,1H3,(H,27,28,29). The molecule has 0 fully saturated rings. The first-order valence-corrected chi connectivity index (χ1v) is 11.5. The summed E-state index contributed by atoms with van der Waals surface area (Å²) in [7, 11) is -4.27. The molecule has 32 heavy (non-hydrogen) atoms. The minimum absolute atomic E-state index is 0.0149. The molecule has 0 amide bonds. The fraction of sp³-hybridized carbons (Fsp3) is 0.167. The maximum absolute atomic E-state index is 13.3. The zero-order chi connectivity index (χ0) is 22.9. The summed E-state index contributed by atoms with van der Waals surface area (Å²) >= 11 is 0. The molecule has 1 N–H and O–H groups in total. The summed E-state index contributed by atoms with van der Waals surface area (Å²) < 4.78 is 41.1. The molecule has 0 unspecified atom stereocenters. The molecular formula is C24H20O7S. The zero-order valence-corrected chi connectivity index (χ0v) is 18.0. The van der Waals surface area contributed by atoms with E-state index in [1.807, 2.05) is 48.5 Å². The van der Waals surface area contributed by atoms with Crippen molar-refractivity contribution in [3.63, 3.8) is 0 Å². The molecule has 0 spiro atoms. The van der Waals surface area contributed by atoms with Crippen LogP contribution in [0.3, 0.4) is 0 Å². The molecule has 1 aliphatic rings. The third-order valence-corrected chi connectivity index (χ3v) is 5.89. The van der Waals surface area contributed by atoms with E-state index >= 15 is 0 Å². The molecule has 0 bridgehead atoms. The summed E-state index contributed by atoms with van der Waals surface area (Å²) in [5.74, 6) is -2.75. The van der Waals surface area contributed by atoms with Gasteiger partial charge in [0.25, 0.3) is 10.1 Å². The second-order valence-electron chi connectivity index (χ2n) is 7.45. The van der Waals surface area contributed by atoms with Gasteiger partial charge in [-0.25, -0.2) is 4.79 Å². The third-order valence-electron chi connectivity index (χ3n) is 5.21. The Kier molecular flexibility index (Phi) is 5.82. The van der Waals surface area contributed by atoms with Crippen molar-refractivity contribution in [1.82, 2.24) is 0 Å². The zero-order valence-electron chi connectivity index (χ0n) is 17.1. The van der Waals surface area contributed by atoms with Crippen LogP contribution in [-0.4, -0.2) is 37.3 Å². The summed E-state index contributed by atoms with van der Waals surface area (Å²) in [4.78, 5) is 25.8. The van der Waals surface area contributed by atoms with E-state index in [1.165, 1.54) is 6.07 Å². The predicted octanol–water partition coefficient (Wildman–Crippen LogP) is 3.76. The molecule has 0 saturated carbocycles. The van der Waals surface area contributed by atoms with Crippen LogP contribution in [0.15, 0.2) is 66.7 Å². The minimum atomic E-state index is -4.27. The smallest absolute Gasteiger partial charge is 0.341 e. The van der Waals surface area contributed by atoms with E-state index in [0.29, 0.717) is 0 Å². The number of hydrogen-bond acceptors (Lipinski definition) is 6. The molecule has 164 valence electrons. The van der Waals surface area contributed by atoms with E-state index in [-0.39, 0.29) is 11.3 Å². The summed E-state index contributed by atoms with van der Waals surface area (Å²) in [5, 5.41) is 0. The molecular weight excluding hydrogens is 432 g/mol. The second kappa shape index (κ2) is 8.57. The minimum Gasteiger partial charge on any atom is -0.461 e. The summed E-state index contributed by atoms with van der Waals surface area (Å²) in [6, 6.07) is 19.8. The van der Waals surface area contributed by atoms with Gasteiger partial charge in [0.15, 0.2) is 0 Å². The van der Waals surface area contributed by atoms with E-state index in [4.69, 9.17) is 14.0 Å². The lowest BCUT2D eigenvalue weighted by molar-refractivity contribution is -0.135. The van der Waals surface area contributed by atoms with Crippen LogP contribution in [-0.2, 0) is 19.6 Å². The molecule has 0 saturated heterocycles. The lowest BCUT2D eigenvalue weighted by Crippen LogP contribution is -2.20. The van der Waals surface area contributed by atoms with Crippen LogP contribution < -0.4 is 4.74 Å². The molecule has 3 aromatic carbocycles. The van der Waals surface area contributed by atoms with Gasteiger partial charge in [-0.1, -0.05) is 54.6 Å². The van der Waals surface area contributed by atoms with Crippen molar-refractivity contribution < 1.29 is 32.0 Å². The monoisotopic (exact) mass is 452 g/mol. The highest BCUT2D eigenvalue weighted by Gasteiger charge is 2.35. The van der Waals surface area contributed by atoms with Gasteiger partial charge in [0.1, 0.15) is 29.6 Å². The molecule has 8 heteroatoms. The fourth-order valence-corrected chi connectivity index (χ4v) is 4.07. The molecule has 7 nitrogen and oxygen atoms in total. The van der Waals surface area contributed by atoms with Crippen molar-refractivity contribution in [3.05, 3.63) is 89.0 Å². The molecule has 4 rings (SSSR count). The van der Waals surface area contributed by atoms with Gasteiger partial charge in [-0.05, 0) is 46.9 Å². The van der Waals surface area contributed by atoms with Crippen LogP contribution in [0.4, 0.5) is 0 Å². The van der Waals surface area contributed by atoms with Crippen LogP contribution in [0.1, 0.15) is 33.0 Å². The molecule has 0 aromatic heterocycles. The number of esters is 2. The largest absolute Gasteiger partial charge is 0.461 e. The van der Waals surface area contributed by atoms with Crippen LogP contribution in [0.2, 0.25) is 0 Å². The highest BCUT2D eigenvalue weighted by atomic mass is 32.2. The van der Waals surface area contributed by atoms with Crippen molar-refractivity contribution in [2.45, 2.75) is 12.8 Å². The van der Waals surface area contributed by atoms with Crippen LogP contribution in [0, 0.1) is 6.92 Å². The average molecular weight is 452 g/mol. The highest BCUT2D eigenvalue weighted by Crippen LogP contribution is 2.45. The van der Waals surface area contributed by atoms with E-state index in [0.717, 1.165) is 27.8 Å². The van der Waals surface area contributed by atoms with E-state index in [1.54, 1.807) is 19.1 Å². The van der Waals surface area contributed by atoms with Gasteiger partial charge >= 0.3 is 11.9 Å². The Morgan fingerprint density at radius 2 is 1.53 bits per heavy atom. The number of carbonyl (C=O) groups is 2. The summed E-state index contributed by atoms with van der Waals surface area (Å²) in [5.41, 5.74) is 4.30. The van der Waals surface area contributed by atoms with Crippen LogP contribution in [0.5, 0.6) is 5.75 Å². The average Bonchev–Trinajstić information content (AvgIpc) is 3.07. The molecule has 3 aromatic rings. The number of benzene rings is 3. The van der Waals surface area contributed by atoms with Gasteiger partial charge in [0.2, 0.25) is 0 Å². The number of aryl methyl sites for hydroxylation is 1. The van der Waals surface area contributed by atoms with Gasteiger partial charge in [-0.15, -0.1) is 0 Å². The number of ether oxygens (including phenoxy) is 2. The molecule has 0 heterocycles. The molecule has 0 atom stereocenters. The third kappa shape index (κ3) is 4.42. The quantitative estimate of drug-likeness (QED) is 0.345. The molecule has 0 aliphatic heterocycles. The first kappa shape index (κ1) is 21.7. The Bertz CT molecular complexity index is 1270. The molecule has 1 aliphatic carbocycles. The van der Waals surface area contributed by atoms with E-state index in [9.17, 15) is 18.0 Å². The topological polar surface area (TPSA) is 107 Å². The predicted molar refractivity (Wildman–Crippen MR) is 117 cm³/mol. The maximum atomic E-state index is 13.3. The van der Waals surface area contributed by atoms with E-state index in [2.05, 4.69) is 0 Å². The van der Waals surface area contributed by atoms with E-state index < -0.39 is 40.3 Å². The number of fused-ring (bicyclic) bond motifs is 3. The lowest BCUT2D eigenvalue weighted by Gasteiger charge is -2.15. The number of carbonyl (C=O) groups excluding carboxylic acids is 2. The van der Waals surface area contributed by atoms with Crippen molar-refractivity contribution in [2.75, 3.05) is 12.4 Å². The summed E-state index contributed by atoms with van der Waals surface area (Å²) in [6.07, 6.45) is 0. The lowest BCUT2D eigenvalue weighted by atomic mass is 9.97. The van der Waals surface area contributed by atoms with Gasteiger partial charge < -0.3 is 9.47 Å². The van der Waals surface area contributed by atoms with Crippen LogP contribution >= 0.6 is 0 Å². The van der Waals surface area contributed by atoms with Gasteiger partial charge in [-0.2, -0.15) is 8.42 Å². The van der Waals surface area contributed by atoms with Crippen molar-refractivity contribution in [1.29, 1.82) is 0 Å². The summed E-state index contributed by atoms with van der Waals surface area (Å²) in [6.45, 7) is 1.26. The second-order valence-corrected chi connectivity index (χ2v) is 9.02. The first-order chi connectivity index (χ1) is 15.2.